The molecule has 0 fully saturated rings. The van der Waals surface area contributed by atoms with E-state index in [-0.39, 0.29) is 4.70 Å². The zero-order valence-corrected chi connectivity index (χ0v) is 11.8. The number of likely N-dealkylation sites (N-methyl/N-ethyl adjacent to an activating group) is 1. The van der Waals surface area contributed by atoms with Gasteiger partial charge in [0.15, 0.2) is 0 Å². The standard InChI is InChI=1S/C7H10N2S.6F2.FH/c1-9-3-2-6-7(4-9)10-5-8-6;6*1-2;/h5H,2-4H2,1H3;;;;;;;1H. The van der Waals surface area contributed by atoms with Gasteiger partial charge in [-0.25, -0.2) is 4.98 Å². The lowest BCUT2D eigenvalue weighted by molar-refractivity contribution is 0.108. The first-order chi connectivity index (χ1) is 10.9. The van der Waals surface area contributed by atoms with Crippen molar-refractivity contribution in [2.75, 3.05) is 13.6 Å². The van der Waals surface area contributed by atoms with Crippen LogP contribution in [-0.2, 0) is 13.0 Å². The third-order valence-corrected chi connectivity index (χ3v) is 2.73. The van der Waals surface area contributed by atoms with E-state index in [1.54, 1.807) is 11.3 Å². The smallest absolute Gasteiger partial charge is 0.0798 e. The first-order valence-corrected chi connectivity index (χ1v) is 5.20. The molecule has 146 valence electrons. The lowest BCUT2D eigenvalue weighted by Gasteiger charge is -2.20. The maximum absolute atomic E-state index is 8.00. The maximum Gasteiger partial charge on any atom is 0.0798 e. The third kappa shape index (κ3) is 23.1. The van der Waals surface area contributed by atoms with Gasteiger partial charge in [0.05, 0.1) is 11.2 Å². The van der Waals surface area contributed by atoms with Crippen LogP contribution >= 0.6 is 11.3 Å². The summed E-state index contributed by atoms with van der Waals surface area (Å²) in [5.41, 5.74) is 3.27. The van der Waals surface area contributed by atoms with E-state index in [2.05, 4.69) is 16.9 Å². The highest BCUT2D eigenvalue weighted by molar-refractivity contribution is 7.09. The van der Waals surface area contributed by atoms with E-state index in [0.717, 1.165) is 19.5 Å². The molecule has 0 bridgehead atoms. The molecular weight excluding hydrogens is 391 g/mol. The summed E-state index contributed by atoms with van der Waals surface area (Å²) in [5, 5.41) is 0. The molecule has 0 amide bonds. The quantitative estimate of drug-likeness (QED) is 0.472. The first kappa shape index (κ1) is 37.7. The molecule has 0 spiro atoms. The fraction of sp³-hybridized carbons (Fsp3) is 0.571. The molecule has 2 rings (SSSR count). The highest BCUT2D eigenvalue weighted by atomic mass is 32.1. The molecule has 0 aromatic carbocycles. The molecule has 0 saturated heterocycles. The largest absolute Gasteiger partial charge is 0.301 e. The molecule has 0 unspecified atom stereocenters. The summed E-state index contributed by atoms with van der Waals surface area (Å²) < 4.78 is 96.0. The van der Waals surface area contributed by atoms with Crippen LogP contribution in [0.15, 0.2) is 5.51 Å². The number of thiazole rings is 1. The van der Waals surface area contributed by atoms with E-state index < -0.39 is 0 Å². The van der Waals surface area contributed by atoms with E-state index in [0.29, 0.717) is 0 Å². The molecule has 1 aliphatic rings. The highest BCUT2D eigenvalue weighted by Crippen LogP contribution is 2.19. The second kappa shape index (κ2) is 42.8. The Morgan fingerprint density at radius 2 is 1.26 bits per heavy atom. The van der Waals surface area contributed by atoms with Crippen molar-refractivity contribution in [3.8, 4) is 0 Å². The monoisotopic (exact) mass is 402 g/mol. The number of aromatic nitrogens is 1. The highest BCUT2D eigenvalue weighted by Gasteiger charge is 2.14. The normalized spacial score (nSPS) is 9.78. The van der Waals surface area contributed by atoms with Gasteiger partial charge in [0.25, 0.3) is 0 Å². The van der Waals surface area contributed by atoms with Crippen LogP contribution in [0, 0.1) is 0 Å². The minimum atomic E-state index is 0. The van der Waals surface area contributed by atoms with Crippen LogP contribution in [-0.4, -0.2) is 23.5 Å². The lowest BCUT2D eigenvalue weighted by Crippen LogP contribution is -2.25. The summed E-state index contributed by atoms with van der Waals surface area (Å²) >= 11 is 1.78. The van der Waals surface area contributed by atoms with Gasteiger partial charge in [0, 0.05) is 79.3 Å². The van der Waals surface area contributed by atoms with Crippen LogP contribution in [0.4, 0.5) is 59.6 Å². The molecule has 1 aliphatic heterocycles. The van der Waals surface area contributed by atoms with Gasteiger partial charge in [-0.1, -0.05) is 0 Å². The molecule has 0 atom stereocenters. The minimum Gasteiger partial charge on any atom is -0.301 e. The Morgan fingerprint density at radius 3 is 1.65 bits per heavy atom. The molecule has 23 heavy (non-hydrogen) atoms. The number of hydrogen-bond acceptors (Lipinski definition) is 3. The summed E-state index contributed by atoms with van der Waals surface area (Å²) in [6.07, 6.45) is 1.13. The SMILES string of the molecule is CN1CCc2ncsc2C1.F.FF.FF.FF.FF.FF.FF. The zero-order chi connectivity index (χ0) is 19.0. The predicted octanol–water partition coefficient (Wildman–Crippen LogP) is 6.33. The van der Waals surface area contributed by atoms with E-state index in [4.69, 9.17) is 54.9 Å². The third-order valence-electron chi connectivity index (χ3n) is 1.87. The molecule has 1 aromatic heterocycles. The summed E-state index contributed by atoms with van der Waals surface area (Å²) in [7, 11) is 2.16. The molecular formula is C7H11F13N2S. The molecule has 1 aromatic rings. The van der Waals surface area contributed by atoms with Gasteiger partial charge in [-0.05, 0) is 7.05 Å². The lowest BCUT2D eigenvalue weighted by atomic mass is 10.2. The number of rotatable bonds is 0. The van der Waals surface area contributed by atoms with Gasteiger partial charge in [-0.15, -0.1) is 11.3 Å². The van der Waals surface area contributed by atoms with Gasteiger partial charge in [0.1, 0.15) is 0 Å². The van der Waals surface area contributed by atoms with Crippen molar-refractivity contribution in [2.45, 2.75) is 13.0 Å². The van der Waals surface area contributed by atoms with Crippen LogP contribution in [0.25, 0.3) is 0 Å². The topological polar surface area (TPSA) is 16.1 Å². The van der Waals surface area contributed by atoms with Gasteiger partial charge < -0.3 is 4.90 Å². The Balaban J connectivity index is -0.0000000481. The van der Waals surface area contributed by atoms with Crippen molar-refractivity contribution >= 4 is 11.3 Å². The molecule has 2 heterocycles. The number of halogens is 13. The molecule has 0 radical (unpaired) electrons. The van der Waals surface area contributed by atoms with Gasteiger partial charge in [-0.3, -0.25) is 4.70 Å². The van der Waals surface area contributed by atoms with Gasteiger partial charge in [0.2, 0.25) is 0 Å². The maximum atomic E-state index is 8.00. The van der Waals surface area contributed by atoms with Crippen molar-refractivity contribution in [3.63, 3.8) is 0 Å². The van der Waals surface area contributed by atoms with Crippen LogP contribution in [0.2, 0.25) is 0 Å². The summed E-state index contributed by atoms with van der Waals surface area (Å²) in [5.74, 6) is 0. The molecule has 0 aliphatic carbocycles. The summed E-state index contributed by atoms with van der Waals surface area (Å²) in [4.78, 5) is 8.07. The summed E-state index contributed by atoms with van der Waals surface area (Å²) in [6, 6.07) is 0. The van der Waals surface area contributed by atoms with Crippen LogP contribution in [0.3, 0.4) is 0 Å². The molecule has 0 N–H and O–H groups in total. The molecule has 0 saturated carbocycles. The van der Waals surface area contributed by atoms with E-state index in [1.165, 1.54) is 10.6 Å². The van der Waals surface area contributed by atoms with Gasteiger partial charge >= 0.3 is 0 Å². The Hall–Kier alpha value is -1.32. The van der Waals surface area contributed by atoms with Crippen LogP contribution in [0.1, 0.15) is 10.6 Å². The van der Waals surface area contributed by atoms with E-state index in [1.807, 2.05) is 5.51 Å². The minimum absolute atomic E-state index is 0. The number of fused-ring (bicyclic) bond motifs is 1. The predicted molar refractivity (Wildman–Crippen MR) is 58.0 cm³/mol. The second-order valence-electron chi connectivity index (χ2n) is 2.71. The van der Waals surface area contributed by atoms with Crippen molar-refractivity contribution in [1.82, 2.24) is 9.88 Å². The van der Waals surface area contributed by atoms with Crippen molar-refractivity contribution in [1.29, 1.82) is 0 Å². The fourth-order valence-corrected chi connectivity index (χ4v) is 2.14. The van der Waals surface area contributed by atoms with E-state index >= 15 is 0 Å². The fourth-order valence-electron chi connectivity index (χ4n) is 1.25. The van der Waals surface area contributed by atoms with Crippen LogP contribution in [0.5, 0.6) is 0 Å². The number of hydrogen-bond donors (Lipinski definition) is 0. The van der Waals surface area contributed by atoms with Crippen molar-refractivity contribution < 1.29 is 59.6 Å². The summed E-state index contributed by atoms with van der Waals surface area (Å²) in [6.45, 7) is 2.26. The Labute approximate surface area is 124 Å². The van der Waals surface area contributed by atoms with Crippen molar-refractivity contribution in [3.05, 3.63) is 16.1 Å². The number of nitrogens with zero attached hydrogens (tertiary/aromatic N) is 2. The average Bonchev–Trinajstić information content (AvgIpc) is 3.13. The van der Waals surface area contributed by atoms with Gasteiger partial charge in [-0.2, -0.15) is 0 Å². The second-order valence-corrected chi connectivity index (χ2v) is 3.65. The average molecular weight is 402 g/mol. The molecule has 2 nitrogen and oxygen atoms in total. The first-order valence-electron chi connectivity index (χ1n) is 4.32. The Kier molecular flexibility index (Phi) is 70.2. The van der Waals surface area contributed by atoms with E-state index in [9.17, 15) is 0 Å². The Morgan fingerprint density at radius 1 is 0.870 bits per heavy atom. The van der Waals surface area contributed by atoms with Crippen molar-refractivity contribution in [2.24, 2.45) is 0 Å². The Bertz CT molecular complexity index is 254. The molecule has 16 heteroatoms. The van der Waals surface area contributed by atoms with Crippen LogP contribution < -0.4 is 0 Å². The zero-order valence-electron chi connectivity index (χ0n) is 10.9.